The quantitative estimate of drug-likeness (QED) is 0.697. The summed E-state index contributed by atoms with van der Waals surface area (Å²) in [4.78, 5) is 23.3. The van der Waals surface area contributed by atoms with Crippen molar-refractivity contribution in [1.82, 2.24) is 0 Å². The predicted molar refractivity (Wildman–Crippen MR) is 89.0 cm³/mol. The number of hydrogen-bond donors (Lipinski definition) is 2. The first kappa shape index (κ1) is 18.9. The summed E-state index contributed by atoms with van der Waals surface area (Å²) >= 11 is 32.8. The summed E-state index contributed by atoms with van der Waals surface area (Å²) in [6.07, 6.45) is 0. The Morgan fingerprint density at radius 2 is 1.29 bits per heavy atom. The third kappa shape index (κ3) is 5.89. The maximum Gasteiger partial charge on any atom is 0.276 e. The second-order valence-corrected chi connectivity index (χ2v) is 8.52. The van der Waals surface area contributed by atoms with E-state index in [0.717, 1.165) is 5.56 Å². The highest BCUT2D eigenvalue weighted by Gasteiger charge is 2.33. The van der Waals surface area contributed by atoms with E-state index in [9.17, 15) is 9.59 Å². The van der Waals surface area contributed by atoms with Crippen molar-refractivity contribution in [3.8, 4) is 0 Å². The number of anilines is 2. The molecule has 0 atom stereocenters. The molecule has 4 nitrogen and oxygen atoms in total. The second-order valence-electron chi connectivity index (χ2n) is 3.95. The standard InChI is InChI=1S/C11H8Cl6N2O2/c1-5-2-3-6(18-8(20)10(12,13)14)7(4-5)19-9(21)11(15,16)17/h2-4H,1H3,(H,18,20)(H,19,21). The van der Waals surface area contributed by atoms with E-state index in [4.69, 9.17) is 69.6 Å². The van der Waals surface area contributed by atoms with Crippen LogP contribution in [0.4, 0.5) is 11.4 Å². The monoisotopic (exact) mass is 410 g/mol. The SMILES string of the molecule is Cc1ccc(NC(=O)C(Cl)(Cl)Cl)c(NC(=O)C(Cl)(Cl)Cl)c1. The van der Waals surface area contributed by atoms with E-state index in [1.807, 2.05) is 0 Å². The minimum atomic E-state index is -2.15. The van der Waals surface area contributed by atoms with Gasteiger partial charge in [0.25, 0.3) is 19.4 Å². The topological polar surface area (TPSA) is 58.2 Å². The van der Waals surface area contributed by atoms with Crippen molar-refractivity contribution >= 4 is 92.8 Å². The van der Waals surface area contributed by atoms with Crippen molar-refractivity contribution in [3.05, 3.63) is 23.8 Å². The molecule has 116 valence electrons. The van der Waals surface area contributed by atoms with E-state index in [0.29, 0.717) is 0 Å². The summed E-state index contributed by atoms with van der Waals surface area (Å²) < 4.78 is -4.30. The van der Waals surface area contributed by atoms with Crippen molar-refractivity contribution in [2.45, 2.75) is 14.5 Å². The molecular weight excluding hydrogens is 405 g/mol. The molecule has 0 aliphatic carbocycles. The molecule has 0 aliphatic rings. The van der Waals surface area contributed by atoms with Crippen LogP contribution in [0.2, 0.25) is 0 Å². The Labute approximate surface area is 150 Å². The number of rotatable bonds is 2. The van der Waals surface area contributed by atoms with Crippen LogP contribution in [0.25, 0.3) is 0 Å². The fraction of sp³-hybridized carbons (Fsp3) is 0.273. The molecule has 2 N–H and O–H groups in total. The van der Waals surface area contributed by atoms with E-state index in [1.165, 1.54) is 6.07 Å². The van der Waals surface area contributed by atoms with Crippen LogP contribution in [0.3, 0.4) is 0 Å². The largest absolute Gasteiger partial charge is 0.321 e. The van der Waals surface area contributed by atoms with Crippen molar-refractivity contribution in [3.63, 3.8) is 0 Å². The highest BCUT2D eigenvalue weighted by molar-refractivity contribution is 6.77. The first-order valence-corrected chi connectivity index (χ1v) is 7.55. The fourth-order valence-corrected chi connectivity index (χ4v) is 1.54. The minimum Gasteiger partial charge on any atom is -0.321 e. The Kier molecular flexibility index (Phi) is 6.30. The van der Waals surface area contributed by atoms with Crippen LogP contribution in [0.15, 0.2) is 18.2 Å². The highest BCUT2D eigenvalue weighted by atomic mass is 35.6. The van der Waals surface area contributed by atoms with Crippen LogP contribution < -0.4 is 10.6 Å². The van der Waals surface area contributed by atoms with E-state index in [-0.39, 0.29) is 11.4 Å². The summed E-state index contributed by atoms with van der Waals surface area (Å²) in [5, 5.41) is 4.73. The molecule has 0 saturated heterocycles. The van der Waals surface area contributed by atoms with Crippen molar-refractivity contribution < 1.29 is 9.59 Å². The number of alkyl halides is 6. The molecule has 1 aromatic rings. The Bertz CT molecular complexity index is 565. The molecule has 1 aromatic carbocycles. The van der Waals surface area contributed by atoms with E-state index < -0.39 is 19.4 Å². The van der Waals surface area contributed by atoms with Gasteiger partial charge in [-0.2, -0.15) is 0 Å². The van der Waals surface area contributed by atoms with Gasteiger partial charge in [-0.3, -0.25) is 9.59 Å². The van der Waals surface area contributed by atoms with Gasteiger partial charge in [0.15, 0.2) is 0 Å². The van der Waals surface area contributed by atoms with Crippen LogP contribution in [0, 0.1) is 6.92 Å². The van der Waals surface area contributed by atoms with Gasteiger partial charge in [0.2, 0.25) is 0 Å². The molecule has 10 heteroatoms. The molecule has 0 unspecified atom stereocenters. The minimum absolute atomic E-state index is 0.194. The number of amides is 2. The number of carbonyl (C=O) groups is 2. The predicted octanol–water partition coefficient (Wildman–Crippen LogP) is 4.61. The zero-order valence-electron chi connectivity index (χ0n) is 10.3. The number of halogens is 6. The van der Waals surface area contributed by atoms with Gasteiger partial charge in [0.05, 0.1) is 11.4 Å². The third-order valence-corrected chi connectivity index (χ3v) is 3.22. The lowest BCUT2D eigenvalue weighted by Gasteiger charge is -2.17. The van der Waals surface area contributed by atoms with Gasteiger partial charge in [0.1, 0.15) is 0 Å². The van der Waals surface area contributed by atoms with E-state index >= 15 is 0 Å². The van der Waals surface area contributed by atoms with E-state index in [2.05, 4.69) is 10.6 Å². The summed E-state index contributed by atoms with van der Waals surface area (Å²) in [5.41, 5.74) is 1.19. The molecule has 0 heterocycles. The van der Waals surface area contributed by atoms with Crippen LogP contribution in [0.5, 0.6) is 0 Å². The number of aryl methyl sites for hydroxylation is 1. The van der Waals surface area contributed by atoms with Crippen molar-refractivity contribution in [1.29, 1.82) is 0 Å². The Balaban J connectivity index is 3.06. The first-order chi connectivity index (χ1) is 9.41. The zero-order chi connectivity index (χ0) is 16.4. The smallest absolute Gasteiger partial charge is 0.276 e. The Morgan fingerprint density at radius 3 is 1.71 bits per heavy atom. The first-order valence-electron chi connectivity index (χ1n) is 5.28. The number of nitrogens with one attached hydrogen (secondary N) is 2. The summed E-state index contributed by atoms with van der Waals surface area (Å²) in [6, 6.07) is 4.75. The molecule has 0 aliphatic heterocycles. The van der Waals surface area contributed by atoms with Crippen molar-refractivity contribution in [2.24, 2.45) is 0 Å². The Hall–Kier alpha value is -0.100. The maximum atomic E-state index is 11.7. The summed E-state index contributed by atoms with van der Waals surface area (Å²) in [7, 11) is 0. The molecule has 2 amide bonds. The van der Waals surface area contributed by atoms with Gasteiger partial charge in [-0.05, 0) is 24.6 Å². The highest BCUT2D eigenvalue weighted by Crippen LogP contribution is 2.32. The lowest BCUT2D eigenvalue weighted by Crippen LogP contribution is -2.30. The van der Waals surface area contributed by atoms with Crippen molar-refractivity contribution in [2.75, 3.05) is 10.6 Å². The maximum absolute atomic E-state index is 11.7. The molecule has 0 fully saturated rings. The lowest BCUT2D eigenvalue weighted by atomic mass is 10.2. The van der Waals surface area contributed by atoms with Gasteiger partial charge in [-0.25, -0.2) is 0 Å². The summed E-state index contributed by atoms with van der Waals surface area (Å²) in [5.74, 6) is -1.77. The fourth-order valence-electron chi connectivity index (χ4n) is 1.26. The van der Waals surface area contributed by atoms with Gasteiger partial charge in [-0.1, -0.05) is 75.7 Å². The average molecular weight is 413 g/mol. The molecule has 21 heavy (non-hydrogen) atoms. The van der Waals surface area contributed by atoms with Crippen LogP contribution in [-0.2, 0) is 9.59 Å². The molecular formula is C11H8Cl6N2O2. The number of carbonyl (C=O) groups excluding carboxylic acids is 2. The molecule has 1 rings (SSSR count). The van der Waals surface area contributed by atoms with Crippen LogP contribution in [0.1, 0.15) is 5.56 Å². The third-order valence-electron chi connectivity index (χ3n) is 2.19. The Morgan fingerprint density at radius 1 is 0.857 bits per heavy atom. The molecule has 0 radical (unpaired) electrons. The number of benzene rings is 1. The molecule has 0 bridgehead atoms. The average Bonchev–Trinajstić information content (AvgIpc) is 2.29. The van der Waals surface area contributed by atoms with Gasteiger partial charge >= 0.3 is 0 Å². The molecule has 0 aromatic heterocycles. The summed E-state index contributed by atoms with van der Waals surface area (Å²) in [6.45, 7) is 1.77. The normalized spacial score (nSPS) is 12.0. The number of hydrogen-bond acceptors (Lipinski definition) is 2. The zero-order valence-corrected chi connectivity index (χ0v) is 14.9. The van der Waals surface area contributed by atoms with E-state index in [1.54, 1.807) is 19.1 Å². The van der Waals surface area contributed by atoms with Gasteiger partial charge in [0, 0.05) is 0 Å². The molecule has 0 saturated carbocycles. The van der Waals surface area contributed by atoms with Gasteiger partial charge in [-0.15, -0.1) is 0 Å². The van der Waals surface area contributed by atoms with Gasteiger partial charge < -0.3 is 10.6 Å². The van der Waals surface area contributed by atoms with Crippen LogP contribution >= 0.6 is 69.6 Å². The lowest BCUT2D eigenvalue weighted by molar-refractivity contribution is -0.116. The molecule has 0 spiro atoms. The second kappa shape index (κ2) is 6.99. The van der Waals surface area contributed by atoms with Crippen LogP contribution in [-0.4, -0.2) is 19.4 Å².